The average Bonchev–Trinajstić information content (AvgIpc) is 2.27. The highest BCUT2D eigenvalue weighted by molar-refractivity contribution is 6.04. The van der Waals surface area contributed by atoms with Gasteiger partial charge in [-0.1, -0.05) is 0 Å². The van der Waals surface area contributed by atoms with Crippen LogP contribution in [0.3, 0.4) is 0 Å². The molecule has 0 bridgehead atoms. The number of nitrogen functional groups attached to an aromatic ring is 1. The second-order valence-corrected chi connectivity index (χ2v) is 4.34. The lowest BCUT2D eigenvalue weighted by Gasteiger charge is -2.07. The largest absolute Gasteiger partial charge is 0.399 e. The van der Waals surface area contributed by atoms with Crippen molar-refractivity contribution >= 4 is 17.3 Å². The van der Waals surface area contributed by atoms with Crippen LogP contribution in [0.2, 0.25) is 0 Å². The summed E-state index contributed by atoms with van der Waals surface area (Å²) in [5.41, 5.74) is 9.50. The molecule has 0 fully saturated rings. The number of pyridine rings is 1. The minimum absolute atomic E-state index is 0.183. The van der Waals surface area contributed by atoms with Crippen molar-refractivity contribution in [2.24, 2.45) is 0 Å². The topological polar surface area (TPSA) is 68.0 Å². The first kappa shape index (κ1) is 12.1. The van der Waals surface area contributed by atoms with E-state index < -0.39 is 0 Å². The number of anilines is 2. The minimum atomic E-state index is -0.183. The quantitative estimate of drug-likeness (QED) is 0.794. The first-order valence-corrected chi connectivity index (χ1v) is 5.65. The Bertz CT molecular complexity index is 573. The maximum Gasteiger partial charge on any atom is 0.255 e. The predicted molar refractivity (Wildman–Crippen MR) is 72.5 cm³/mol. The maximum atomic E-state index is 12.0. The number of aryl methyl sites for hydroxylation is 2. The van der Waals surface area contributed by atoms with Gasteiger partial charge < -0.3 is 11.1 Å². The van der Waals surface area contributed by atoms with Crippen LogP contribution in [0, 0.1) is 13.8 Å². The summed E-state index contributed by atoms with van der Waals surface area (Å²) in [6.07, 6.45) is 3.35. The molecule has 1 heterocycles. The highest BCUT2D eigenvalue weighted by Gasteiger charge is 2.07. The van der Waals surface area contributed by atoms with E-state index in [1.165, 1.54) is 0 Å². The Kier molecular flexibility index (Phi) is 3.28. The van der Waals surface area contributed by atoms with Crippen LogP contribution in [-0.4, -0.2) is 10.9 Å². The summed E-state index contributed by atoms with van der Waals surface area (Å²) < 4.78 is 0. The molecule has 0 unspecified atom stereocenters. The van der Waals surface area contributed by atoms with Crippen molar-refractivity contribution in [3.63, 3.8) is 0 Å². The summed E-state index contributed by atoms with van der Waals surface area (Å²) >= 11 is 0. The van der Waals surface area contributed by atoms with Crippen LogP contribution in [0.25, 0.3) is 0 Å². The fraction of sp³-hybridized carbons (Fsp3) is 0.143. The number of benzene rings is 1. The monoisotopic (exact) mass is 241 g/mol. The fourth-order valence-electron chi connectivity index (χ4n) is 1.77. The first-order chi connectivity index (χ1) is 8.54. The van der Waals surface area contributed by atoms with Crippen molar-refractivity contribution in [3.05, 3.63) is 53.3 Å². The zero-order chi connectivity index (χ0) is 13.1. The predicted octanol–water partition coefficient (Wildman–Crippen LogP) is 2.53. The van der Waals surface area contributed by atoms with Crippen molar-refractivity contribution in [1.29, 1.82) is 0 Å². The van der Waals surface area contributed by atoms with E-state index in [4.69, 9.17) is 5.73 Å². The lowest BCUT2D eigenvalue weighted by Crippen LogP contribution is -2.12. The fourth-order valence-corrected chi connectivity index (χ4v) is 1.77. The number of amides is 1. The summed E-state index contributed by atoms with van der Waals surface area (Å²) in [6.45, 7) is 3.83. The van der Waals surface area contributed by atoms with Gasteiger partial charge >= 0.3 is 0 Å². The van der Waals surface area contributed by atoms with E-state index in [1.54, 1.807) is 24.5 Å². The third-order valence-corrected chi connectivity index (χ3v) is 2.49. The van der Waals surface area contributed by atoms with Gasteiger partial charge in [-0.2, -0.15) is 0 Å². The summed E-state index contributed by atoms with van der Waals surface area (Å²) in [5.74, 6) is -0.183. The number of hydrogen-bond acceptors (Lipinski definition) is 3. The molecule has 2 aromatic rings. The number of rotatable bonds is 2. The molecule has 0 aliphatic rings. The molecule has 1 amide bonds. The molecule has 0 saturated carbocycles. The molecule has 0 atom stereocenters. The SMILES string of the molecule is Cc1cncc(NC(=O)c2cc(C)cc(N)c2)c1. The summed E-state index contributed by atoms with van der Waals surface area (Å²) in [6, 6.07) is 7.15. The van der Waals surface area contributed by atoms with E-state index in [9.17, 15) is 4.79 Å². The number of hydrogen-bond donors (Lipinski definition) is 2. The molecule has 18 heavy (non-hydrogen) atoms. The van der Waals surface area contributed by atoms with Crippen LogP contribution in [0.4, 0.5) is 11.4 Å². The first-order valence-electron chi connectivity index (χ1n) is 5.65. The lowest BCUT2D eigenvalue weighted by atomic mass is 10.1. The summed E-state index contributed by atoms with van der Waals surface area (Å²) in [4.78, 5) is 16.1. The van der Waals surface area contributed by atoms with Crippen molar-refractivity contribution in [2.75, 3.05) is 11.1 Å². The third-order valence-electron chi connectivity index (χ3n) is 2.49. The second kappa shape index (κ2) is 4.87. The number of nitrogens with one attached hydrogen (secondary N) is 1. The summed E-state index contributed by atoms with van der Waals surface area (Å²) in [5, 5.41) is 2.80. The van der Waals surface area contributed by atoms with E-state index in [0.717, 1.165) is 11.1 Å². The molecule has 1 aromatic carbocycles. The van der Waals surface area contributed by atoms with Gasteiger partial charge in [0.05, 0.1) is 11.9 Å². The average molecular weight is 241 g/mol. The number of carbonyl (C=O) groups excluding carboxylic acids is 1. The van der Waals surface area contributed by atoms with E-state index >= 15 is 0 Å². The van der Waals surface area contributed by atoms with E-state index in [2.05, 4.69) is 10.3 Å². The molecule has 92 valence electrons. The van der Waals surface area contributed by atoms with Gasteiger partial charge in [0.15, 0.2) is 0 Å². The Balaban J connectivity index is 2.22. The van der Waals surface area contributed by atoms with Crippen LogP contribution < -0.4 is 11.1 Å². The number of nitrogens with two attached hydrogens (primary N) is 1. The Morgan fingerprint density at radius 3 is 2.56 bits per heavy atom. The minimum Gasteiger partial charge on any atom is -0.399 e. The summed E-state index contributed by atoms with van der Waals surface area (Å²) in [7, 11) is 0. The van der Waals surface area contributed by atoms with E-state index in [-0.39, 0.29) is 5.91 Å². The number of nitrogens with zero attached hydrogens (tertiary/aromatic N) is 1. The number of aromatic nitrogens is 1. The highest BCUT2D eigenvalue weighted by atomic mass is 16.1. The molecule has 0 aliphatic carbocycles. The van der Waals surface area contributed by atoms with Gasteiger partial charge in [-0.3, -0.25) is 9.78 Å². The van der Waals surface area contributed by atoms with Crippen LogP contribution in [0.5, 0.6) is 0 Å². The molecule has 0 radical (unpaired) electrons. The van der Waals surface area contributed by atoms with E-state index in [1.807, 2.05) is 26.0 Å². The van der Waals surface area contributed by atoms with Crippen LogP contribution in [0.1, 0.15) is 21.5 Å². The van der Waals surface area contributed by atoms with Gasteiger partial charge in [-0.25, -0.2) is 0 Å². The van der Waals surface area contributed by atoms with Crippen molar-refractivity contribution in [2.45, 2.75) is 13.8 Å². The molecular weight excluding hydrogens is 226 g/mol. The van der Waals surface area contributed by atoms with Crippen molar-refractivity contribution in [1.82, 2.24) is 4.98 Å². The van der Waals surface area contributed by atoms with Gasteiger partial charge in [-0.05, 0) is 49.2 Å². The third kappa shape index (κ3) is 2.85. The molecule has 4 nitrogen and oxygen atoms in total. The van der Waals surface area contributed by atoms with Crippen LogP contribution >= 0.6 is 0 Å². The normalized spacial score (nSPS) is 10.1. The Morgan fingerprint density at radius 2 is 1.89 bits per heavy atom. The van der Waals surface area contributed by atoms with Gasteiger partial charge in [0, 0.05) is 17.4 Å². The standard InChI is InChI=1S/C14H15N3O/c1-9-3-11(6-12(15)4-9)14(18)17-13-5-10(2)7-16-8-13/h3-8H,15H2,1-2H3,(H,17,18). The Labute approximate surface area is 106 Å². The molecule has 0 aliphatic heterocycles. The Morgan fingerprint density at radius 1 is 1.11 bits per heavy atom. The molecular formula is C14H15N3O. The zero-order valence-corrected chi connectivity index (χ0v) is 10.4. The lowest BCUT2D eigenvalue weighted by molar-refractivity contribution is 0.102. The van der Waals surface area contributed by atoms with Crippen LogP contribution in [0.15, 0.2) is 36.7 Å². The number of carbonyl (C=O) groups is 1. The Hall–Kier alpha value is -2.36. The van der Waals surface area contributed by atoms with Gasteiger partial charge in [0.2, 0.25) is 0 Å². The molecule has 0 spiro atoms. The smallest absolute Gasteiger partial charge is 0.255 e. The highest BCUT2D eigenvalue weighted by Crippen LogP contribution is 2.14. The van der Waals surface area contributed by atoms with Crippen molar-refractivity contribution in [3.8, 4) is 0 Å². The second-order valence-electron chi connectivity index (χ2n) is 4.34. The van der Waals surface area contributed by atoms with Gasteiger partial charge in [-0.15, -0.1) is 0 Å². The molecule has 4 heteroatoms. The van der Waals surface area contributed by atoms with Crippen LogP contribution in [-0.2, 0) is 0 Å². The molecule has 1 aromatic heterocycles. The molecule has 3 N–H and O–H groups in total. The van der Waals surface area contributed by atoms with Crippen molar-refractivity contribution < 1.29 is 4.79 Å². The van der Waals surface area contributed by atoms with Gasteiger partial charge in [0.1, 0.15) is 0 Å². The van der Waals surface area contributed by atoms with Gasteiger partial charge in [0.25, 0.3) is 5.91 Å². The molecule has 2 rings (SSSR count). The molecule has 0 saturated heterocycles. The van der Waals surface area contributed by atoms with E-state index in [0.29, 0.717) is 16.9 Å². The maximum absolute atomic E-state index is 12.0. The zero-order valence-electron chi connectivity index (χ0n) is 10.4.